The van der Waals surface area contributed by atoms with Gasteiger partial charge in [-0.3, -0.25) is 0 Å². The predicted molar refractivity (Wildman–Crippen MR) is 171 cm³/mol. The van der Waals surface area contributed by atoms with Crippen LogP contribution in [-0.2, 0) is 5.41 Å². The molecule has 1 aliphatic carbocycles. The lowest BCUT2D eigenvalue weighted by molar-refractivity contribution is 0.661. The average molecular weight is 525 g/mol. The van der Waals surface area contributed by atoms with E-state index < -0.39 is 0 Å². The maximum atomic E-state index is 5.34. The first-order valence-corrected chi connectivity index (χ1v) is 14.2. The second-order valence-electron chi connectivity index (χ2n) is 11.5. The van der Waals surface area contributed by atoms with Crippen LogP contribution in [0.1, 0.15) is 25.0 Å². The maximum Gasteiger partial charge on any atom is 0.161 e. The van der Waals surface area contributed by atoms with Crippen LogP contribution in [0.25, 0.3) is 66.6 Å². The summed E-state index contributed by atoms with van der Waals surface area (Å²) in [4.78, 5) is 10.6. The third-order valence-electron chi connectivity index (χ3n) is 8.66. The first-order chi connectivity index (χ1) is 20.1. The molecule has 1 aromatic heterocycles. The molecule has 41 heavy (non-hydrogen) atoms. The van der Waals surface area contributed by atoms with Gasteiger partial charge in [0.2, 0.25) is 0 Å². The van der Waals surface area contributed by atoms with Crippen LogP contribution in [0.2, 0.25) is 0 Å². The number of nitrogens with zero attached hydrogens (tertiary/aromatic N) is 2. The largest absolute Gasteiger partial charge is 0.228 e. The minimum absolute atomic E-state index is 0.122. The first kappa shape index (κ1) is 23.8. The number of hydrogen-bond donors (Lipinski definition) is 0. The molecule has 0 spiro atoms. The molecule has 1 heterocycles. The van der Waals surface area contributed by atoms with E-state index in [1.807, 2.05) is 6.07 Å². The van der Waals surface area contributed by atoms with E-state index in [0.29, 0.717) is 0 Å². The lowest BCUT2D eigenvalue weighted by atomic mass is 9.81. The van der Waals surface area contributed by atoms with Crippen LogP contribution >= 0.6 is 0 Å². The number of benzene rings is 6. The van der Waals surface area contributed by atoms with Crippen LogP contribution in [0.4, 0.5) is 0 Å². The zero-order valence-corrected chi connectivity index (χ0v) is 23.1. The fourth-order valence-electron chi connectivity index (χ4n) is 6.56. The molecule has 0 saturated carbocycles. The molecule has 194 valence electrons. The van der Waals surface area contributed by atoms with Gasteiger partial charge in [0.15, 0.2) is 5.82 Å². The summed E-state index contributed by atoms with van der Waals surface area (Å²) in [6, 6.07) is 47.5. The van der Waals surface area contributed by atoms with Crippen molar-refractivity contribution in [3.8, 4) is 45.0 Å². The van der Waals surface area contributed by atoms with Crippen molar-refractivity contribution in [3.63, 3.8) is 0 Å². The van der Waals surface area contributed by atoms with Crippen molar-refractivity contribution in [1.29, 1.82) is 0 Å². The lowest BCUT2D eigenvalue weighted by Gasteiger charge is -2.22. The van der Waals surface area contributed by atoms with Gasteiger partial charge in [0, 0.05) is 22.1 Å². The normalized spacial score (nSPS) is 13.3. The molecule has 0 atom stereocenters. The minimum atomic E-state index is -0.122. The molecule has 6 aromatic carbocycles. The van der Waals surface area contributed by atoms with Gasteiger partial charge in [0.05, 0.1) is 11.4 Å². The molecule has 1 aliphatic rings. The Bertz CT molecular complexity index is 2120. The van der Waals surface area contributed by atoms with Gasteiger partial charge in [-0.15, -0.1) is 0 Å². The van der Waals surface area contributed by atoms with Gasteiger partial charge >= 0.3 is 0 Å². The van der Waals surface area contributed by atoms with Gasteiger partial charge in [0.1, 0.15) is 0 Å². The van der Waals surface area contributed by atoms with E-state index in [0.717, 1.165) is 33.9 Å². The summed E-state index contributed by atoms with van der Waals surface area (Å²) in [6.45, 7) is 4.66. The van der Waals surface area contributed by atoms with Crippen molar-refractivity contribution in [3.05, 3.63) is 145 Å². The Balaban J connectivity index is 1.47. The average Bonchev–Trinajstić information content (AvgIpc) is 3.26. The molecule has 0 saturated heterocycles. The van der Waals surface area contributed by atoms with Gasteiger partial charge in [-0.05, 0) is 62.0 Å². The Morgan fingerprint density at radius 1 is 0.463 bits per heavy atom. The smallest absolute Gasteiger partial charge is 0.161 e. The Kier molecular flexibility index (Phi) is 5.20. The second-order valence-corrected chi connectivity index (χ2v) is 11.5. The van der Waals surface area contributed by atoms with Crippen molar-refractivity contribution in [1.82, 2.24) is 9.97 Å². The highest BCUT2D eigenvalue weighted by Crippen LogP contribution is 2.54. The van der Waals surface area contributed by atoms with Crippen LogP contribution in [-0.4, -0.2) is 9.97 Å². The number of aromatic nitrogens is 2. The number of fused-ring (bicyclic) bond motifs is 5. The molecule has 2 nitrogen and oxygen atoms in total. The molecule has 8 rings (SSSR count). The summed E-state index contributed by atoms with van der Waals surface area (Å²) < 4.78 is 0. The van der Waals surface area contributed by atoms with E-state index in [4.69, 9.17) is 9.97 Å². The summed E-state index contributed by atoms with van der Waals surface area (Å²) in [5.74, 6) is 0.759. The van der Waals surface area contributed by atoms with Crippen LogP contribution in [0, 0.1) is 0 Å². The van der Waals surface area contributed by atoms with Gasteiger partial charge in [-0.1, -0.05) is 129 Å². The maximum absolute atomic E-state index is 5.34. The van der Waals surface area contributed by atoms with Crippen LogP contribution < -0.4 is 0 Å². The van der Waals surface area contributed by atoms with Gasteiger partial charge in [-0.25, -0.2) is 9.97 Å². The van der Waals surface area contributed by atoms with E-state index in [1.165, 1.54) is 43.8 Å². The fraction of sp³-hybridized carbons (Fsp3) is 0.0769. The van der Waals surface area contributed by atoms with Crippen molar-refractivity contribution in [2.75, 3.05) is 0 Å². The Morgan fingerprint density at radius 3 is 1.95 bits per heavy atom. The molecule has 0 fully saturated rings. The minimum Gasteiger partial charge on any atom is -0.228 e. The quantitative estimate of drug-likeness (QED) is 0.230. The van der Waals surface area contributed by atoms with E-state index in [2.05, 4.69) is 141 Å². The highest BCUT2D eigenvalue weighted by Gasteiger charge is 2.38. The zero-order chi connectivity index (χ0) is 27.6. The molecular formula is C39H28N2. The van der Waals surface area contributed by atoms with Crippen molar-refractivity contribution < 1.29 is 0 Å². The van der Waals surface area contributed by atoms with Gasteiger partial charge in [0.25, 0.3) is 0 Å². The van der Waals surface area contributed by atoms with Gasteiger partial charge in [-0.2, -0.15) is 0 Å². The predicted octanol–water partition coefficient (Wildman–Crippen LogP) is 10.1. The van der Waals surface area contributed by atoms with E-state index in [1.54, 1.807) is 0 Å². The molecule has 7 aromatic rings. The highest BCUT2D eigenvalue weighted by atomic mass is 14.9. The zero-order valence-electron chi connectivity index (χ0n) is 23.1. The highest BCUT2D eigenvalue weighted by molar-refractivity contribution is 6.07. The van der Waals surface area contributed by atoms with E-state index in [9.17, 15) is 0 Å². The van der Waals surface area contributed by atoms with Crippen molar-refractivity contribution in [2.45, 2.75) is 19.3 Å². The van der Waals surface area contributed by atoms with Crippen LogP contribution in [0.3, 0.4) is 0 Å². The van der Waals surface area contributed by atoms with Crippen molar-refractivity contribution in [2.24, 2.45) is 0 Å². The molecule has 0 amide bonds. The van der Waals surface area contributed by atoms with Crippen LogP contribution in [0.5, 0.6) is 0 Å². The Labute approximate surface area is 240 Å². The topological polar surface area (TPSA) is 25.8 Å². The Hall–Kier alpha value is -5.08. The monoisotopic (exact) mass is 524 g/mol. The standard InChI is InChI=1S/C39H28N2/c1-39(2)32-19-11-10-18-31(32)36-33(39)23-28-16-8-9-17-30(28)37(36)38-40-34(26-13-4-3-5-14-26)24-35(41-38)29-21-20-25-12-6-7-15-27(25)22-29/h3-24H,1-2H3. The van der Waals surface area contributed by atoms with E-state index in [-0.39, 0.29) is 5.41 Å². The molecular weight excluding hydrogens is 496 g/mol. The second kappa shape index (κ2) is 8.97. The summed E-state index contributed by atoms with van der Waals surface area (Å²) in [6.07, 6.45) is 0. The summed E-state index contributed by atoms with van der Waals surface area (Å²) in [7, 11) is 0. The third kappa shape index (κ3) is 3.72. The third-order valence-corrected chi connectivity index (χ3v) is 8.66. The first-order valence-electron chi connectivity index (χ1n) is 14.2. The molecule has 0 N–H and O–H groups in total. The van der Waals surface area contributed by atoms with Crippen molar-refractivity contribution >= 4 is 21.5 Å². The summed E-state index contributed by atoms with van der Waals surface area (Å²) in [5.41, 5.74) is 10.2. The van der Waals surface area contributed by atoms with Crippen LogP contribution in [0.15, 0.2) is 133 Å². The summed E-state index contributed by atoms with van der Waals surface area (Å²) in [5, 5.41) is 4.81. The SMILES string of the molecule is CC1(C)c2ccccc2-c2c1cc1ccccc1c2-c1nc(-c2ccccc2)cc(-c2ccc3ccccc3c2)n1. The Morgan fingerprint density at radius 2 is 1.12 bits per heavy atom. The molecule has 0 bridgehead atoms. The fourth-order valence-corrected chi connectivity index (χ4v) is 6.56. The molecule has 0 unspecified atom stereocenters. The molecule has 0 radical (unpaired) electrons. The van der Waals surface area contributed by atoms with Gasteiger partial charge < -0.3 is 0 Å². The number of rotatable bonds is 3. The summed E-state index contributed by atoms with van der Waals surface area (Å²) >= 11 is 0. The lowest BCUT2D eigenvalue weighted by Crippen LogP contribution is -2.15. The van der Waals surface area contributed by atoms with E-state index >= 15 is 0 Å². The molecule has 0 aliphatic heterocycles. The number of hydrogen-bond acceptors (Lipinski definition) is 2. The molecule has 2 heteroatoms.